The van der Waals surface area contributed by atoms with Crippen LogP contribution in [0.25, 0.3) is 11.3 Å². The number of hydrogen-bond acceptors (Lipinski definition) is 1. The zero-order valence-corrected chi connectivity index (χ0v) is 8.78. The second-order valence-corrected chi connectivity index (χ2v) is 3.60. The van der Waals surface area contributed by atoms with Gasteiger partial charge in [-0.1, -0.05) is 24.3 Å². The predicted octanol–water partition coefficient (Wildman–Crippen LogP) is 2.70. The first kappa shape index (κ1) is 9.00. The van der Waals surface area contributed by atoms with Crippen molar-refractivity contribution in [3.05, 3.63) is 41.9 Å². The molecular formula is C12H14N2. The van der Waals surface area contributed by atoms with Gasteiger partial charge in [-0.25, -0.2) is 4.98 Å². The van der Waals surface area contributed by atoms with Gasteiger partial charge in [-0.15, -0.1) is 0 Å². The van der Waals surface area contributed by atoms with E-state index in [1.54, 1.807) is 0 Å². The lowest BCUT2D eigenvalue weighted by Crippen LogP contribution is -1.86. The third-order valence-electron chi connectivity index (χ3n) is 2.53. The van der Waals surface area contributed by atoms with Crippen LogP contribution in [0.15, 0.2) is 30.5 Å². The second-order valence-electron chi connectivity index (χ2n) is 3.60. The molecule has 0 radical (unpaired) electrons. The Labute approximate surface area is 84.2 Å². The van der Waals surface area contributed by atoms with E-state index in [9.17, 15) is 0 Å². The molecule has 0 spiro atoms. The molecule has 0 atom stereocenters. The summed E-state index contributed by atoms with van der Waals surface area (Å²) in [5.41, 5.74) is 3.55. The van der Waals surface area contributed by atoms with E-state index < -0.39 is 0 Å². The molecule has 0 aliphatic heterocycles. The molecular weight excluding hydrogens is 172 g/mol. The summed E-state index contributed by atoms with van der Waals surface area (Å²) < 4.78 is 2.04. The monoisotopic (exact) mass is 186 g/mol. The summed E-state index contributed by atoms with van der Waals surface area (Å²) in [6.45, 7) is 4.13. The molecule has 2 heteroatoms. The minimum absolute atomic E-state index is 1.04. The van der Waals surface area contributed by atoms with E-state index in [-0.39, 0.29) is 0 Å². The summed E-state index contributed by atoms with van der Waals surface area (Å²) in [4.78, 5) is 4.50. The Balaban J connectivity index is 2.55. The van der Waals surface area contributed by atoms with Crippen molar-refractivity contribution in [1.29, 1.82) is 0 Å². The van der Waals surface area contributed by atoms with Crippen LogP contribution in [0.2, 0.25) is 0 Å². The van der Waals surface area contributed by atoms with E-state index in [2.05, 4.69) is 36.3 Å². The van der Waals surface area contributed by atoms with Gasteiger partial charge in [0.05, 0.1) is 5.69 Å². The predicted molar refractivity (Wildman–Crippen MR) is 58.1 cm³/mol. The van der Waals surface area contributed by atoms with Gasteiger partial charge >= 0.3 is 0 Å². The van der Waals surface area contributed by atoms with Crippen LogP contribution in [0.3, 0.4) is 0 Å². The number of aromatic nitrogens is 2. The van der Waals surface area contributed by atoms with E-state index in [0.717, 1.165) is 11.5 Å². The van der Waals surface area contributed by atoms with Crippen LogP contribution >= 0.6 is 0 Å². The first-order chi connectivity index (χ1) is 6.68. The molecule has 14 heavy (non-hydrogen) atoms. The zero-order valence-electron chi connectivity index (χ0n) is 8.78. The summed E-state index contributed by atoms with van der Waals surface area (Å²) in [5, 5.41) is 0. The number of aryl methyl sites for hydroxylation is 3. The molecule has 0 saturated carbocycles. The third-order valence-corrected chi connectivity index (χ3v) is 2.53. The van der Waals surface area contributed by atoms with Crippen molar-refractivity contribution in [2.24, 2.45) is 7.05 Å². The Kier molecular flexibility index (Phi) is 2.12. The minimum Gasteiger partial charge on any atom is -0.338 e. The molecule has 0 bridgehead atoms. The average molecular weight is 186 g/mol. The quantitative estimate of drug-likeness (QED) is 0.669. The smallest absolute Gasteiger partial charge is 0.105 e. The van der Waals surface area contributed by atoms with Crippen LogP contribution in [0.5, 0.6) is 0 Å². The first-order valence-electron chi connectivity index (χ1n) is 4.74. The number of benzene rings is 1. The van der Waals surface area contributed by atoms with Crippen LogP contribution in [0.1, 0.15) is 11.4 Å². The highest BCUT2D eigenvalue weighted by atomic mass is 15.0. The van der Waals surface area contributed by atoms with E-state index in [0.29, 0.717) is 0 Å². The van der Waals surface area contributed by atoms with Gasteiger partial charge in [0.15, 0.2) is 0 Å². The molecule has 0 aliphatic rings. The molecule has 1 heterocycles. The number of nitrogens with zero attached hydrogens (tertiary/aromatic N) is 2. The van der Waals surface area contributed by atoms with E-state index in [4.69, 9.17) is 0 Å². The Hall–Kier alpha value is -1.57. The maximum Gasteiger partial charge on any atom is 0.105 e. The Morgan fingerprint density at radius 1 is 1.14 bits per heavy atom. The van der Waals surface area contributed by atoms with Gasteiger partial charge in [-0.2, -0.15) is 0 Å². The van der Waals surface area contributed by atoms with Crippen LogP contribution in [-0.2, 0) is 7.05 Å². The lowest BCUT2D eigenvalue weighted by molar-refractivity contribution is 0.858. The SMILES string of the molecule is Cc1ccccc1-c1cn(C)c(C)n1. The topological polar surface area (TPSA) is 17.8 Å². The summed E-state index contributed by atoms with van der Waals surface area (Å²) >= 11 is 0. The van der Waals surface area contributed by atoms with E-state index in [1.165, 1.54) is 11.1 Å². The van der Waals surface area contributed by atoms with Gasteiger partial charge in [-0.3, -0.25) is 0 Å². The van der Waals surface area contributed by atoms with Gasteiger partial charge in [-0.05, 0) is 19.4 Å². The molecule has 0 N–H and O–H groups in total. The second kappa shape index (κ2) is 3.29. The molecule has 2 nitrogen and oxygen atoms in total. The van der Waals surface area contributed by atoms with E-state index >= 15 is 0 Å². The van der Waals surface area contributed by atoms with Crippen molar-refractivity contribution in [1.82, 2.24) is 9.55 Å². The van der Waals surface area contributed by atoms with Crippen LogP contribution in [0.4, 0.5) is 0 Å². The Morgan fingerprint density at radius 3 is 2.43 bits per heavy atom. The van der Waals surface area contributed by atoms with Gasteiger partial charge < -0.3 is 4.57 Å². The lowest BCUT2D eigenvalue weighted by atomic mass is 10.1. The Bertz CT molecular complexity index is 436. The maximum absolute atomic E-state index is 4.50. The highest BCUT2D eigenvalue weighted by Crippen LogP contribution is 2.21. The summed E-state index contributed by atoms with van der Waals surface area (Å²) in [7, 11) is 2.02. The van der Waals surface area contributed by atoms with Crippen LogP contribution < -0.4 is 0 Å². The Morgan fingerprint density at radius 2 is 1.86 bits per heavy atom. The molecule has 0 saturated heterocycles. The summed E-state index contributed by atoms with van der Waals surface area (Å²) in [5.74, 6) is 1.04. The largest absolute Gasteiger partial charge is 0.338 e. The van der Waals surface area contributed by atoms with Crippen LogP contribution in [-0.4, -0.2) is 9.55 Å². The van der Waals surface area contributed by atoms with E-state index in [1.807, 2.05) is 24.6 Å². The first-order valence-corrected chi connectivity index (χ1v) is 4.74. The minimum atomic E-state index is 1.04. The zero-order chi connectivity index (χ0) is 10.1. The van der Waals surface area contributed by atoms with Crippen molar-refractivity contribution < 1.29 is 0 Å². The van der Waals surface area contributed by atoms with Gasteiger partial charge in [0.25, 0.3) is 0 Å². The molecule has 72 valence electrons. The molecule has 1 aromatic heterocycles. The molecule has 0 unspecified atom stereocenters. The fraction of sp³-hybridized carbons (Fsp3) is 0.250. The lowest BCUT2D eigenvalue weighted by Gasteiger charge is -2.00. The standard InChI is InChI=1S/C12H14N2/c1-9-6-4-5-7-11(9)12-8-14(3)10(2)13-12/h4-8H,1-3H3. The molecule has 2 aromatic rings. The number of hydrogen-bond donors (Lipinski definition) is 0. The molecule has 0 aliphatic carbocycles. The fourth-order valence-electron chi connectivity index (χ4n) is 1.55. The molecule has 0 amide bonds. The van der Waals surface area contributed by atoms with Gasteiger partial charge in [0.2, 0.25) is 0 Å². The van der Waals surface area contributed by atoms with Crippen molar-refractivity contribution in [2.75, 3.05) is 0 Å². The summed E-state index contributed by atoms with van der Waals surface area (Å²) in [6.07, 6.45) is 2.07. The van der Waals surface area contributed by atoms with Gasteiger partial charge in [0, 0.05) is 18.8 Å². The third kappa shape index (κ3) is 1.43. The summed E-state index contributed by atoms with van der Waals surface area (Å²) in [6, 6.07) is 8.32. The highest BCUT2D eigenvalue weighted by molar-refractivity contribution is 5.62. The van der Waals surface area contributed by atoms with Crippen molar-refractivity contribution in [3.8, 4) is 11.3 Å². The maximum atomic E-state index is 4.50. The molecule has 2 rings (SSSR count). The normalized spacial score (nSPS) is 10.5. The molecule has 0 fully saturated rings. The highest BCUT2D eigenvalue weighted by Gasteiger charge is 2.05. The van der Waals surface area contributed by atoms with Crippen LogP contribution in [0, 0.1) is 13.8 Å². The van der Waals surface area contributed by atoms with Crippen molar-refractivity contribution in [2.45, 2.75) is 13.8 Å². The number of rotatable bonds is 1. The van der Waals surface area contributed by atoms with Gasteiger partial charge in [0.1, 0.15) is 5.82 Å². The van der Waals surface area contributed by atoms with Crippen molar-refractivity contribution in [3.63, 3.8) is 0 Å². The fourth-order valence-corrected chi connectivity index (χ4v) is 1.55. The molecule has 1 aromatic carbocycles. The van der Waals surface area contributed by atoms with Crippen molar-refractivity contribution >= 4 is 0 Å². The average Bonchev–Trinajstić information content (AvgIpc) is 2.48. The number of imidazole rings is 1.